The lowest BCUT2D eigenvalue weighted by molar-refractivity contribution is -0.205. The molecule has 0 aromatic carbocycles. The number of H-pyrrole nitrogens is 2. The lowest BCUT2D eigenvalue weighted by Crippen LogP contribution is -2.57. The van der Waals surface area contributed by atoms with Crippen LogP contribution >= 0.6 is 11.8 Å². The Morgan fingerprint density at radius 2 is 1.20 bits per heavy atom. The molecule has 7 aliphatic rings. The van der Waals surface area contributed by atoms with E-state index in [2.05, 4.69) is 44.7 Å². The number of aliphatic hydroxyl groups excluding tert-OH is 4. The van der Waals surface area contributed by atoms with Crippen molar-refractivity contribution >= 4 is 92.3 Å². The van der Waals surface area contributed by atoms with Gasteiger partial charge in [0.25, 0.3) is 23.6 Å². The maximum atomic E-state index is 15.5. The van der Waals surface area contributed by atoms with E-state index in [-0.39, 0.29) is 95.8 Å². The Kier molecular flexibility index (Phi) is 38.5. The zero-order valence-corrected chi connectivity index (χ0v) is 70.3. The van der Waals surface area contributed by atoms with Crippen molar-refractivity contribution in [2.45, 2.75) is 147 Å². The Hall–Kier alpha value is -7.57. The third kappa shape index (κ3) is 26.5. The first-order valence-electron chi connectivity index (χ1n) is 41.0. The van der Waals surface area contributed by atoms with E-state index in [0.717, 1.165) is 32.9 Å². The van der Waals surface area contributed by atoms with E-state index in [9.17, 15) is 54.0 Å². The van der Waals surface area contributed by atoms with E-state index >= 15 is 4.79 Å². The molecule has 2 fully saturated rings. The van der Waals surface area contributed by atoms with Crippen LogP contribution in [0.15, 0.2) is 30.4 Å². The Labute approximate surface area is 692 Å². The molecule has 8 amide bonds. The van der Waals surface area contributed by atoms with Crippen molar-refractivity contribution < 1.29 is 116 Å². The van der Waals surface area contributed by atoms with Gasteiger partial charge in [0.05, 0.1) is 197 Å². The number of hydrogen-bond acceptors (Lipinski definition) is 28. The fourth-order valence-electron chi connectivity index (χ4n) is 14.5. The molecule has 118 heavy (non-hydrogen) atoms. The molecule has 2 aromatic rings. The number of carbonyl (C=O) groups is 8. The highest BCUT2D eigenvalue weighted by atomic mass is 32.2. The van der Waals surface area contributed by atoms with Crippen LogP contribution in [0.3, 0.4) is 0 Å². The monoisotopic (exact) mass is 1680 g/mol. The second kappa shape index (κ2) is 48.2. The van der Waals surface area contributed by atoms with Crippen molar-refractivity contribution in [3.63, 3.8) is 0 Å². The van der Waals surface area contributed by atoms with Gasteiger partial charge in [0.2, 0.25) is 23.6 Å². The van der Waals surface area contributed by atoms with Crippen LogP contribution in [0, 0.1) is 6.92 Å². The SMILES string of the molecule is CCC1=C(C)c2cc3nc(cc4[nH]c(c5c6[nH]c(cc1n2)c(C)c6C(=O)N(CCN1CCOCC1)C5=O)[C@@H](CCC(=O)N(C)CCCS[C@@H]1O[C@H](CO)[C@@H](O)[C@H](O)[C@H]1O)[C@@H]4C)C(C)=C3C(C)OCCOCCNC(=O)[C@H](C)NC(=O)[C@H](C)NC(=O)CCOCCOCCOCCOCCOCCOCCOCCOCCN1C(=O)C=CC1=O. The lowest BCUT2D eigenvalue weighted by Gasteiger charge is -2.39. The molecular formula is C82H121N11O24S. The lowest BCUT2D eigenvalue weighted by atomic mass is 9.84. The van der Waals surface area contributed by atoms with E-state index in [1.807, 2.05) is 45.9 Å². The molecule has 654 valence electrons. The van der Waals surface area contributed by atoms with Crippen LogP contribution in [0.5, 0.6) is 0 Å². The molecule has 9 N–H and O–H groups in total. The number of aromatic nitrogens is 4. The minimum Gasteiger partial charge on any atom is -0.394 e. The van der Waals surface area contributed by atoms with Crippen LogP contribution in [-0.2, 0) is 85.6 Å². The fourth-order valence-corrected chi connectivity index (χ4v) is 15.6. The summed E-state index contributed by atoms with van der Waals surface area (Å²) < 4.78 is 67.7. The third-order valence-electron chi connectivity index (χ3n) is 21.5. The molecule has 9 rings (SSSR count). The van der Waals surface area contributed by atoms with Crippen molar-refractivity contribution in [2.75, 3.05) is 204 Å². The molecule has 2 aromatic heterocycles. The molecule has 10 atom stereocenters. The molecule has 0 spiro atoms. The van der Waals surface area contributed by atoms with Crippen LogP contribution in [0.2, 0.25) is 0 Å². The highest BCUT2D eigenvalue weighted by Crippen LogP contribution is 2.45. The van der Waals surface area contributed by atoms with Gasteiger partial charge in [0.15, 0.2) is 0 Å². The number of rotatable bonds is 52. The van der Waals surface area contributed by atoms with Crippen LogP contribution in [0.25, 0.3) is 33.3 Å². The molecule has 9 heterocycles. The van der Waals surface area contributed by atoms with Gasteiger partial charge < -0.3 is 108 Å². The van der Waals surface area contributed by atoms with Crippen LogP contribution in [0.1, 0.15) is 153 Å². The molecule has 35 nitrogen and oxygen atoms in total. The quantitative estimate of drug-likeness (QED) is 0.0339. The smallest absolute Gasteiger partial charge is 0.264 e. The predicted octanol–water partition coefficient (Wildman–Crippen LogP) is 2.59. The van der Waals surface area contributed by atoms with Crippen molar-refractivity contribution in [3.8, 4) is 0 Å². The van der Waals surface area contributed by atoms with E-state index in [0.29, 0.717) is 206 Å². The van der Waals surface area contributed by atoms with Gasteiger partial charge in [-0.2, -0.15) is 0 Å². The molecule has 7 aliphatic heterocycles. The Balaban J connectivity index is 0.701. The topological polar surface area (TPSA) is 435 Å². The minimum absolute atomic E-state index is 0.00466. The molecule has 1 unspecified atom stereocenters. The van der Waals surface area contributed by atoms with Gasteiger partial charge in [0, 0.05) is 106 Å². The van der Waals surface area contributed by atoms with Gasteiger partial charge >= 0.3 is 0 Å². The van der Waals surface area contributed by atoms with E-state index in [4.69, 9.17) is 66.8 Å². The maximum Gasteiger partial charge on any atom is 0.264 e. The highest BCUT2D eigenvalue weighted by molar-refractivity contribution is 7.99. The summed E-state index contributed by atoms with van der Waals surface area (Å²) in [5, 5.41) is 49.0. The number of ether oxygens (including phenoxy) is 12. The summed E-state index contributed by atoms with van der Waals surface area (Å²) in [6.07, 6.45) is -1.82. The van der Waals surface area contributed by atoms with Crippen molar-refractivity contribution in [3.05, 3.63) is 81.2 Å². The second-order valence-electron chi connectivity index (χ2n) is 29.6. The van der Waals surface area contributed by atoms with E-state index < -0.39 is 90.1 Å². The number of fused-ring (bicyclic) bond motifs is 8. The highest BCUT2D eigenvalue weighted by Gasteiger charge is 2.45. The largest absolute Gasteiger partial charge is 0.394 e. The third-order valence-corrected chi connectivity index (χ3v) is 22.7. The number of carbonyl (C=O) groups excluding carboxylic acids is 8. The van der Waals surface area contributed by atoms with Crippen molar-refractivity contribution in [1.29, 1.82) is 0 Å². The summed E-state index contributed by atoms with van der Waals surface area (Å²) in [4.78, 5) is 131. The molecule has 0 radical (unpaired) electrons. The van der Waals surface area contributed by atoms with E-state index in [1.165, 1.54) is 35.7 Å². The summed E-state index contributed by atoms with van der Waals surface area (Å²) in [6.45, 7) is 24.2. The molecular weight excluding hydrogens is 1560 g/mol. The zero-order valence-electron chi connectivity index (χ0n) is 69.5. The number of amides is 8. The standard InChI is InChI=1S/C82H121N11O24S/c1-10-57-50(2)59-48-64-70(56(8)116-44-43-107-25-17-83-78(102)54(6)85-79(103)55(7)84-66(95)16-24-106-29-31-110-33-35-112-37-39-114-41-42-115-40-38-113-36-34-111-32-30-109-28-23-92-68(97)14-15-69(92)98)52(4)61(87-64)46-60-51(3)58(12-13-67(96)90(9)18-11-45-118-82-77(101)76(100)75(99)65(49-94)117-82)73(88-60)72-74-71(53(5)62(89-74)47-63(57)86-59)80(104)93(81(72)105)20-19-91-21-26-108-27-22-91/h14-15,46-48,51,54-56,58,65,75-77,82,88-89,94,99-101H,10-13,16-45,49H2,1-9H3,(H,83,102)(H,84,95)(H,85,103)/t51-,54-,55-,56?,58-,65+,75+,76-,77+,82-/m0/s1. The molecule has 0 aliphatic carbocycles. The predicted molar refractivity (Wildman–Crippen MR) is 435 cm³/mol. The Bertz CT molecular complexity index is 4010. The zero-order chi connectivity index (χ0) is 84.8. The summed E-state index contributed by atoms with van der Waals surface area (Å²) in [5.74, 6) is -3.36. The van der Waals surface area contributed by atoms with Gasteiger partial charge in [-0.05, 0) is 107 Å². The molecule has 8 bridgehead atoms. The number of aliphatic hydroxyl groups is 4. The van der Waals surface area contributed by atoms with Crippen LogP contribution < -0.4 is 16.0 Å². The number of allylic oxidation sites excluding steroid dienone is 3. The van der Waals surface area contributed by atoms with Crippen LogP contribution in [0.4, 0.5) is 0 Å². The Morgan fingerprint density at radius 1 is 0.636 bits per heavy atom. The molecule has 0 saturated carbocycles. The van der Waals surface area contributed by atoms with Crippen molar-refractivity contribution in [1.82, 2.24) is 55.5 Å². The molecule has 36 heteroatoms. The van der Waals surface area contributed by atoms with E-state index in [1.54, 1.807) is 18.9 Å². The number of thioether (sulfide) groups is 1. The summed E-state index contributed by atoms with van der Waals surface area (Å²) in [6, 6.07) is 4.06. The van der Waals surface area contributed by atoms with Crippen molar-refractivity contribution in [2.24, 2.45) is 0 Å². The Morgan fingerprint density at radius 3 is 1.82 bits per heavy atom. The molecule has 2 saturated heterocycles. The number of nitrogens with zero attached hydrogens (tertiary/aromatic N) is 6. The normalized spacial score (nSPS) is 20.6. The average Bonchev–Trinajstić information content (AvgIpc) is 1.57. The maximum absolute atomic E-state index is 15.5. The number of aromatic amines is 2. The first kappa shape index (κ1) is 94.3. The first-order valence-corrected chi connectivity index (χ1v) is 42.0. The second-order valence-corrected chi connectivity index (χ2v) is 30.8. The number of hydrogen-bond donors (Lipinski definition) is 9. The van der Waals surface area contributed by atoms with Crippen LogP contribution in [-0.4, -0.2) is 359 Å². The number of aryl methyl sites for hydroxylation is 1. The number of imide groups is 2. The van der Waals surface area contributed by atoms with Gasteiger partial charge in [-0.1, -0.05) is 13.8 Å². The summed E-state index contributed by atoms with van der Waals surface area (Å²) in [7, 11) is 1.72. The number of nitrogens with one attached hydrogen (secondary N) is 5. The van der Waals surface area contributed by atoms with Gasteiger partial charge in [-0.25, -0.2) is 9.97 Å². The number of morpholine rings is 1. The summed E-state index contributed by atoms with van der Waals surface area (Å²) in [5.41, 5.74) is 9.11. The fraction of sp³-hybridized carbons (Fsp3) is 0.659. The minimum atomic E-state index is -1.49. The summed E-state index contributed by atoms with van der Waals surface area (Å²) >= 11 is 1.22. The van der Waals surface area contributed by atoms with Gasteiger partial charge in [-0.15, -0.1) is 11.8 Å². The van der Waals surface area contributed by atoms with Gasteiger partial charge in [-0.3, -0.25) is 53.1 Å². The van der Waals surface area contributed by atoms with Gasteiger partial charge in [0.1, 0.15) is 41.9 Å². The average molecular weight is 1680 g/mol. The first-order chi connectivity index (χ1) is 56.9.